The lowest BCUT2D eigenvalue weighted by molar-refractivity contribution is -0.139. The molecule has 0 aromatic carbocycles. The number of carboxylic acids is 1. The number of carboxylic acid groups (broad SMARTS) is 1. The van der Waals surface area contributed by atoms with E-state index in [9.17, 15) is 9.59 Å². The fourth-order valence-electron chi connectivity index (χ4n) is 1.77. The van der Waals surface area contributed by atoms with Gasteiger partial charge in [-0.2, -0.15) is 0 Å². The van der Waals surface area contributed by atoms with Crippen molar-refractivity contribution in [1.82, 2.24) is 15.6 Å². The normalized spacial score (nSPS) is 12.0. The zero-order valence-electron chi connectivity index (χ0n) is 12.0. The molecule has 6 heteroatoms. The van der Waals surface area contributed by atoms with Crippen molar-refractivity contribution in [3.8, 4) is 0 Å². The molecular weight excluding hydrogens is 258 g/mol. The third-order valence-corrected chi connectivity index (χ3v) is 2.69. The topological polar surface area (TPSA) is 91.3 Å². The Morgan fingerprint density at radius 3 is 2.60 bits per heavy atom. The van der Waals surface area contributed by atoms with Gasteiger partial charge in [0.2, 0.25) is 0 Å². The summed E-state index contributed by atoms with van der Waals surface area (Å²) in [4.78, 5) is 27.0. The molecule has 1 aromatic heterocycles. The van der Waals surface area contributed by atoms with E-state index < -0.39 is 18.0 Å². The maximum Gasteiger partial charge on any atom is 0.326 e. The average Bonchev–Trinajstić information content (AvgIpc) is 2.35. The monoisotopic (exact) mass is 279 g/mol. The SMILES string of the molecule is Cc1cccc(CNC(=O)N[C@@H](CC(C)C)C(=O)O)n1. The van der Waals surface area contributed by atoms with Crippen LogP contribution in [0.5, 0.6) is 0 Å². The Kier molecular flexibility index (Phi) is 5.96. The molecule has 20 heavy (non-hydrogen) atoms. The molecule has 0 radical (unpaired) electrons. The van der Waals surface area contributed by atoms with Gasteiger partial charge in [0.15, 0.2) is 0 Å². The number of carbonyl (C=O) groups excluding carboxylic acids is 1. The van der Waals surface area contributed by atoms with Crippen molar-refractivity contribution in [2.24, 2.45) is 5.92 Å². The van der Waals surface area contributed by atoms with Crippen LogP contribution in [0.15, 0.2) is 18.2 Å². The van der Waals surface area contributed by atoms with E-state index in [0.717, 1.165) is 11.4 Å². The van der Waals surface area contributed by atoms with E-state index >= 15 is 0 Å². The number of nitrogens with one attached hydrogen (secondary N) is 2. The van der Waals surface area contributed by atoms with E-state index in [-0.39, 0.29) is 12.5 Å². The fourth-order valence-corrected chi connectivity index (χ4v) is 1.77. The standard InChI is InChI=1S/C14H21N3O3/c1-9(2)7-12(13(18)19)17-14(20)15-8-11-6-4-5-10(3)16-11/h4-6,9,12H,7-8H2,1-3H3,(H,18,19)(H2,15,17,20)/t12-/m0/s1. The highest BCUT2D eigenvalue weighted by Gasteiger charge is 2.20. The summed E-state index contributed by atoms with van der Waals surface area (Å²) in [6, 6.07) is 4.15. The Labute approximate surface area is 118 Å². The Morgan fingerprint density at radius 2 is 2.05 bits per heavy atom. The quantitative estimate of drug-likeness (QED) is 0.739. The van der Waals surface area contributed by atoms with Crippen LogP contribution in [0.1, 0.15) is 31.7 Å². The van der Waals surface area contributed by atoms with Gasteiger partial charge in [-0.25, -0.2) is 9.59 Å². The van der Waals surface area contributed by atoms with Crippen LogP contribution in [0.2, 0.25) is 0 Å². The average molecular weight is 279 g/mol. The molecule has 3 N–H and O–H groups in total. The number of aromatic nitrogens is 1. The van der Waals surface area contributed by atoms with E-state index in [4.69, 9.17) is 5.11 Å². The van der Waals surface area contributed by atoms with E-state index in [1.165, 1.54) is 0 Å². The van der Waals surface area contributed by atoms with E-state index in [1.807, 2.05) is 32.9 Å². The van der Waals surface area contributed by atoms with Gasteiger partial charge in [-0.15, -0.1) is 0 Å². The molecule has 0 aliphatic carbocycles. The van der Waals surface area contributed by atoms with Crippen molar-refractivity contribution in [3.63, 3.8) is 0 Å². The van der Waals surface area contributed by atoms with Crippen molar-refractivity contribution in [1.29, 1.82) is 0 Å². The van der Waals surface area contributed by atoms with Gasteiger partial charge in [-0.3, -0.25) is 4.98 Å². The summed E-state index contributed by atoms with van der Waals surface area (Å²) in [5.41, 5.74) is 1.60. The van der Waals surface area contributed by atoms with Crippen LogP contribution >= 0.6 is 0 Å². The van der Waals surface area contributed by atoms with Crippen LogP contribution < -0.4 is 10.6 Å². The second kappa shape index (κ2) is 7.47. The van der Waals surface area contributed by atoms with Crippen LogP contribution in [-0.4, -0.2) is 28.1 Å². The molecule has 0 saturated heterocycles. The number of nitrogens with zero attached hydrogens (tertiary/aromatic N) is 1. The van der Waals surface area contributed by atoms with Crippen molar-refractivity contribution >= 4 is 12.0 Å². The first-order valence-electron chi connectivity index (χ1n) is 6.58. The molecule has 110 valence electrons. The third kappa shape index (κ3) is 5.69. The molecule has 0 aliphatic rings. The lowest BCUT2D eigenvalue weighted by Crippen LogP contribution is -2.46. The van der Waals surface area contributed by atoms with Crippen LogP contribution in [0.25, 0.3) is 0 Å². The predicted octanol–water partition coefficient (Wildman–Crippen LogP) is 1.69. The van der Waals surface area contributed by atoms with Gasteiger partial charge in [0.25, 0.3) is 0 Å². The predicted molar refractivity (Wildman–Crippen MR) is 75.2 cm³/mol. The largest absolute Gasteiger partial charge is 0.480 e. The van der Waals surface area contributed by atoms with Gasteiger partial charge in [-0.1, -0.05) is 19.9 Å². The van der Waals surface area contributed by atoms with Gasteiger partial charge in [-0.05, 0) is 31.4 Å². The van der Waals surface area contributed by atoms with Crippen LogP contribution in [0.4, 0.5) is 4.79 Å². The maximum absolute atomic E-state index is 11.7. The highest BCUT2D eigenvalue weighted by molar-refractivity contribution is 5.82. The third-order valence-electron chi connectivity index (χ3n) is 2.69. The number of aliphatic carboxylic acids is 1. The Morgan fingerprint density at radius 1 is 1.35 bits per heavy atom. The van der Waals surface area contributed by atoms with E-state index in [2.05, 4.69) is 15.6 Å². The van der Waals surface area contributed by atoms with Gasteiger partial charge in [0, 0.05) is 5.69 Å². The molecule has 0 unspecified atom stereocenters. The maximum atomic E-state index is 11.7. The molecule has 0 saturated carbocycles. The molecule has 2 amide bonds. The summed E-state index contributed by atoms with van der Waals surface area (Å²) >= 11 is 0. The molecule has 1 aromatic rings. The zero-order valence-corrected chi connectivity index (χ0v) is 12.0. The minimum absolute atomic E-state index is 0.190. The van der Waals surface area contributed by atoms with Crippen molar-refractivity contribution in [3.05, 3.63) is 29.6 Å². The van der Waals surface area contributed by atoms with Gasteiger partial charge in [0.05, 0.1) is 12.2 Å². The fraction of sp³-hybridized carbons (Fsp3) is 0.500. The van der Waals surface area contributed by atoms with Crippen LogP contribution in [-0.2, 0) is 11.3 Å². The lowest BCUT2D eigenvalue weighted by Gasteiger charge is -2.16. The first-order valence-corrected chi connectivity index (χ1v) is 6.58. The van der Waals surface area contributed by atoms with Crippen LogP contribution in [0.3, 0.4) is 0 Å². The highest BCUT2D eigenvalue weighted by atomic mass is 16.4. The number of hydrogen-bond acceptors (Lipinski definition) is 3. The second-order valence-electron chi connectivity index (χ2n) is 5.12. The summed E-state index contributed by atoms with van der Waals surface area (Å²) < 4.78 is 0. The van der Waals surface area contributed by atoms with Crippen LogP contribution in [0, 0.1) is 12.8 Å². The number of hydrogen-bond donors (Lipinski definition) is 3. The lowest BCUT2D eigenvalue weighted by atomic mass is 10.0. The zero-order chi connectivity index (χ0) is 15.1. The summed E-state index contributed by atoms with van der Waals surface area (Å²) in [5.74, 6) is -0.836. The molecule has 1 atom stereocenters. The Bertz CT molecular complexity index is 474. The smallest absolute Gasteiger partial charge is 0.326 e. The Balaban J connectivity index is 2.47. The van der Waals surface area contributed by atoms with E-state index in [1.54, 1.807) is 6.07 Å². The molecule has 0 fully saturated rings. The minimum Gasteiger partial charge on any atom is -0.480 e. The second-order valence-corrected chi connectivity index (χ2v) is 5.12. The molecule has 1 rings (SSSR count). The molecule has 0 bridgehead atoms. The summed E-state index contributed by atoms with van der Waals surface area (Å²) in [6.45, 7) is 5.95. The molecule has 6 nitrogen and oxygen atoms in total. The number of urea groups is 1. The highest BCUT2D eigenvalue weighted by Crippen LogP contribution is 2.05. The minimum atomic E-state index is -1.03. The number of aryl methyl sites for hydroxylation is 1. The number of rotatable bonds is 6. The van der Waals surface area contributed by atoms with Crippen molar-refractivity contribution in [2.75, 3.05) is 0 Å². The van der Waals surface area contributed by atoms with Crippen molar-refractivity contribution in [2.45, 2.75) is 39.8 Å². The van der Waals surface area contributed by atoms with Gasteiger partial charge in [0.1, 0.15) is 6.04 Å². The number of amides is 2. The first kappa shape index (κ1) is 15.9. The molecule has 0 spiro atoms. The first-order chi connectivity index (χ1) is 9.38. The Hall–Kier alpha value is -2.11. The number of pyridine rings is 1. The molecule has 0 aliphatic heterocycles. The molecular formula is C14H21N3O3. The summed E-state index contributed by atoms with van der Waals surface area (Å²) in [6.07, 6.45) is 0.394. The number of carbonyl (C=O) groups is 2. The summed E-state index contributed by atoms with van der Waals surface area (Å²) in [7, 11) is 0. The van der Waals surface area contributed by atoms with Gasteiger partial charge >= 0.3 is 12.0 Å². The summed E-state index contributed by atoms with van der Waals surface area (Å²) in [5, 5.41) is 14.1. The van der Waals surface area contributed by atoms with E-state index in [0.29, 0.717) is 6.42 Å². The van der Waals surface area contributed by atoms with Crippen molar-refractivity contribution < 1.29 is 14.7 Å². The molecule has 1 heterocycles. The van der Waals surface area contributed by atoms with Gasteiger partial charge < -0.3 is 15.7 Å².